The Morgan fingerprint density at radius 2 is 1.87 bits per heavy atom. The summed E-state index contributed by atoms with van der Waals surface area (Å²) in [5.41, 5.74) is 1.56. The summed E-state index contributed by atoms with van der Waals surface area (Å²) in [7, 11) is 1.85. The molecule has 23 heavy (non-hydrogen) atoms. The van der Waals surface area contributed by atoms with Crippen LogP contribution < -0.4 is 10.6 Å². The van der Waals surface area contributed by atoms with Gasteiger partial charge in [0.05, 0.1) is 0 Å². The lowest BCUT2D eigenvalue weighted by Gasteiger charge is -2.38. The first kappa shape index (κ1) is 18.5. The Bertz CT molecular complexity index is 496. The molecule has 4 nitrogen and oxygen atoms in total. The van der Waals surface area contributed by atoms with Gasteiger partial charge in [-0.3, -0.25) is 4.99 Å². The lowest BCUT2D eigenvalue weighted by atomic mass is 9.74. The Morgan fingerprint density at radius 1 is 1.17 bits per heavy atom. The first-order chi connectivity index (χ1) is 10.8. The SMILES string of the molecule is CN=C(NCC1CC1)NCC1(c2ccccc2)CCOCC1.I. The van der Waals surface area contributed by atoms with Crippen LogP contribution in [0.5, 0.6) is 0 Å². The van der Waals surface area contributed by atoms with Crippen molar-refractivity contribution in [1.82, 2.24) is 10.6 Å². The molecule has 1 saturated carbocycles. The average Bonchev–Trinajstić information content (AvgIpc) is 3.41. The highest BCUT2D eigenvalue weighted by molar-refractivity contribution is 14.0. The number of nitrogens with zero attached hydrogens (tertiary/aromatic N) is 1. The molecule has 3 rings (SSSR count). The second-order valence-electron chi connectivity index (χ2n) is 6.51. The molecular formula is C18H28IN3O. The van der Waals surface area contributed by atoms with E-state index >= 15 is 0 Å². The van der Waals surface area contributed by atoms with E-state index < -0.39 is 0 Å². The molecule has 2 fully saturated rings. The number of hydrogen-bond acceptors (Lipinski definition) is 2. The summed E-state index contributed by atoms with van der Waals surface area (Å²) in [5, 5.41) is 6.99. The quantitative estimate of drug-likeness (QED) is 0.430. The maximum Gasteiger partial charge on any atom is 0.191 e. The van der Waals surface area contributed by atoms with Crippen LogP contribution >= 0.6 is 24.0 Å². The number of hydrogen-bond donors (Lipinski definition) is 2. The van der Waals surface area contributed by atoms with E-state index in [0.29, 0.717) is 0 Å². The Kier molecular flexibility index (Phi) is 7.14. The summed E-state index contributed by atoms with van der Waals surface area (Å²) < 4.78 is 5.59. The molecule has 0 amide bonds. The standard InChI is InChI=1S/C18H27N3O.HI/c1-19-17(20-13-15-7-8-15)21-14-18(9-11-22-12-10-18)16-5-3-2-4-6-16;/h2-6,15H,7-14H2,1H3,(H2,19,20,21);1H. The molecule has 0 unspecified atom stereocenters. The van der Waals surface area contributed by atoms with Gasteiger partial charge in [0, 0.05) is 38.8 Å². The number of guanidine groups is 1. The first-order valence-electron chi connectivity index (χ1n) is 8.40. The van der Waals surface area contributed by atoms with Gasteiger partial charge in [0.1, 0.15) is 0 Å². The smallest absolute Gasteiger partial charge is 0.191 e. The van der Waals surface area contributed by atoms with E-state index in [9.17, 15) is 0 Å². The maximum absolute atomic E-state index is 5.59. The molecule has 0 atom stereocenters. The van der Waals surface area contributed by atoms with Crippen LogP contribution in [0.25, 0.3) is 0 Å². The van der Waals surface area contributed by atoms with Crippen molar-refractivity contribution < 1.29 is 4.74 Å². The molecule has 0 aromatic heterocycles. The Labute approximate surface area is 156 Å². The van der Waals surface area contributed by atoms with Crippen LogP contribution in [0.3, 0.4) is 0 Å². The molecule has 1 aromatic rings. The van der Waals surface area contributed by atoms with Crippen molar-refractivity contribution in [3.05, 3.63) is 35.9 Å². The minimum Gasteiger partial charge on any atom is -0.381 e. The van der Waals surface area contributed by atoms with Crippen LogP contribution in [-0.4, -0.2) is 39.3 Å². The predicted octanol–water partition coefficient (Wildman–Crippen LogP) is 2.93. The second kappa shape index (κ2) is 8.87. The highest BCUT2D eigenvalue weighted by atomic mass is 127. The van der Waals surface area contributed by atoms with E-state index in [1.807, 2.05) is 7.05 Å². The van der Waals surface area contributed by atoms with Gasteiger partial charge in [0.2, 0.25) is 0 Å². The highest BCUT2D eigenvalue weighted by Crippen LogP contribution is 2.34. The Hall–Kier alpha value is -0.820. The van der Waals surface area contributed by atoms with Crippen molar-refractivity contribution in [3.63, 3.8) is 0 Å². The zero-order valence-electron chi connectivity index (χ0n) is 13.9. The van der Waals surface area contributed by atoms with Gasteiger partial charge >= 0.3 is 0 Å². The first-order valence-corrected chi connectivity index (χ1v) is 8.40. The van der Waals surface area contributed by atoms with Crippen molar-refractivity contribution in [2.24, 2.45) is 10.9 Å². The molecule has 2 N–H and O–H groups in total. The molecular weight excluding hydrogens is 401 g/mol. The summed E-state index contributed by atoms with van der Waals surface area (Å²) >= 11 is 0. The zero-order chi connectivity index (χ0) is 15.3. The minimum absolute atomic E-state index is 0. The molecule has 0 spiro atoms. The fourth-order valence-electron chi connectivity index (χ4n) is 3.16. The lowest BCUT2D eigenvalue weighted by Crippen LogP contribution is -2.48. The second-order valence-corrected chi connectivity index (χ2v) is 6.51. The summed E-state index contributed by atoms with van der Waals surface area (Å²) in [6.45, 7) is 3.63. The van der Waals surface area contributed by atoms with Crippen molar-refractivity contribution >= 4 is 29.9 Å². The van der Waals surface area contributed by atoms with Gasteiger partial charge < -0.3 is 15.4 Å². The molecule has 1 aromatic carbocycles. The topological polar surface area (TPSA) is 45.7 Å². The van der Waals surface area contributed by atoms with E-state index in [1.54, 1.807) is 0 Å². The molecule has 0 bridgehead atoms. The van der Waals surface area contributed by atoms with E-state index in [-0.39, 0.29) is 29.4 Å². The van der Waals surface area contributed by atoms with Crippen molar-refractivity contribution in [1.29, 1.82) is 0 Å². The van der Waals surface area contributed by atoms with Gasteiger partial charge in [-0.15, -0.1) is 24.0 Å². The highest BCUT2D eigenvalue weighted by Gasteiger charge is 2.34. The molecule has 5 heteroatoms. The Morgan fingerprint density at radius 3 is 2.48 bits per heavy atom. The van der Waals surface area contributed by atoms with Crippen LogP contribution in [0, 0.1) is 5.92 Å². The molecule has 0 radical (unpaired) electrons. The van der Waals surface area contributed by atoms with Crippen molar-refractivity contribution in [3.8, 4) is 0 Å². The average molecular weight is 429 g/mol. The fraction of sp³-hybridized carbons (Fsp3) is 0.611. The van der Waals surface area contributed by atoms with Gasteiger partial charge in [-0.25, -0.2) is 0 Å². The van der Waals surface area contributed by atoms with Crippen LogP contribution in [0.1, 0.15) is 31.2 Å². The van der Waals surface area contributed by atoms with Gasteiger partial charge in [-0.2, -0.15) is 0 Å². The van der Waals surface area contributed by atoms with E-state index in [1.165, 1.54) is 18.4 Å². The summed E-state index contributed by atoms with van der Waals surface area (Å²) in [5.74, 6) is 1.78. The van der Waals surface area contributed by atoms with Gasteiger partial charge in [-0.1, -0.05) is 30.3 Å². The van der Waals surface area contributed by atoms with E-state index in [2.05, 4.69) is 46.0 Å². The number of ether oxygens (including phenoxy) is 1. The fourth-order valence-corrected chi connectivity index (χ4v) is 3.16. The van der Waals surface area contributed by atoms with Crippen LogP contribution in [0.2, 0.25) is 0 Å². The predicted molar refractivity (Wildman–Crippen MR) is 106 cm³/mol. The molecule has 128 valence electrons. The number of aliphatic imine (C=N–C) groups is 1. The largest absolute Gasteiger partial charge is 0.381 e. The third-order valence-corrected chi connectivity index (χ3v) is 4.91. The van der Waals surface area contributed by atoms with Crippen LogP contribution in [0.4, 0.5) is 0 Å². The number of halogens is 1. The van der Waals surface area contributed by atoms with Crippen molar-refractivity contribution in [2.45, 2.75) is 31.1 Å². The summed E-state index contributed by atoms with van der Waals surface area (Å²) in [6.07, 6.45) is 4.83. The third kappa shape index (κ3) is 5.08. The molecule has 1 saturated heterocycles. The number of nitrogens with one attached hydrogen (secondary N) is 2. The molecule has 1 aliphatic carbocycles. The maximum atomic E-state index is 5.59. The van der Waals surface area contributed by atoms with Crippen LogP contribution in [0.15, 0.2) is 35.3 Å². The molecule has 1 aliphatic heterocycles. The summed E-state index contributed by atoms with van der Waals surface area (Å²) in [6, 6.07) is 10.8. The number of benzene rings is 1. The van der Waals surface area contributed by atoms with Crippen LogP contribution in [-0.2, 0) is 10.2 Å². The van der Waals surface area contributed by atoms with Gasteiger partial charge in [-0.05, 0) is 37.2 Å². The zero-order valence-corrected chi connectivity index (χ0v) is 16.2. The van der Waals surface area contributed by atoms with E-state index in [4.69, 9.17) is 4.74 Å². The summed E-state index contributed by atoms with van der Waals surface area (Å²) in [4.78, 5) is 4.36. The normalized spacial score (nSPS) is 20.5. The lowest BCUT2D eigenvalue weighted by molar-refractivity contribution is 0.0514. The third-order valence-electron chi connectivity index (χ3n) is 4.91. The van der Waals surface area contributed by atoms with E-state index in [0.717, 1.165) is 51.0 Å². The van der Waals surface area contributed by atoms with Gasteiger partial charge in [0.15, 0.2) is 5.96 Å². The monoisotopic (exact) mass is 429 g/mol. The molecule has 2 aliphatic rings. The minimum atomic E-state index is 0. The molecule has 1 heterocycles. The van der Waals surface area contributed by atoms with Crippen molar-refractivity contribution in [2.75, 3.05) is 33.4 Å². The number of rotatable bonds is 5. The van der Waals surface area contributed by atoms with Gasteiger partial charge in [0.25, 0.3) is 0 Å². The Balaban J connectivity index is 0.00000192.